The fourth-order valence-corrected chi connectivity index (χ4v) is 1.72. The average molecular weight is 430 g/mol. The molecule has 3 N–H and O–H groups in total. The van der Waals surface area contributed by atoms with Crippen molar-refractivity contribution in [3.05, 3.63) is 23.2 Å². The van der Waals surface area contributed by atoms with Crippen molar-refractivity contribution in [3.8, 4) is 5.75 Å². The van der Waals surface area contributed by atoms with Gasteiger partial charge in [0.25, 0.3) is 0 Å². The van der Waals surface area contributed by atoms with Crippen molar-refractivity contribution in [1.29, 1.82) is 0 Å². The van der Waals surface area contributed by atoms with Gasteiger partial charge in [0.1, 0.15) is 5.75 Å². The van der Waals surface area contributed by atoms with E-state index in [2.05, 4.69) is 30.4 Å². The molecule has 0 aliphatic carbocycles. The quantitative estimate of drug-likeness (QED) is 0.424. The van der Waals surface area contributed by atoms with Crippen molar-refractivity contribution in [1.82, 2.24) is 0 Å². The first kappa shape index (κ1) is 19.7. The van der Waals surface area contributed by atoms with E-state index in [-0.39, 0.29) is 28.7 Å². The number of nitrogens with two attached hydrogens (primary N) is 1. The number of anilines is 1. The fraction of sp³-hybridized carbons (Fsp3) is 0.462. The number of nitrogens with one attached hydrogen (secondary N) is 1. The van der Waals surface area contributed by atoms with Crippen molar-refractivity contribution in [2.24, 2.45) is 10.7 Å². The molecule has 0 fully saturated rings. The Morgan fingerprint density at radius 2 is 2.15 bits per heavy atom. The molecule has 7 heteroatoms. The molecular weight excluding hydrogens is 409 g/mol. The van der Waals surface area contributed by atoms with Crippen LogP contribution in [0.1, 0.15) is 13.8 Å². The molecule has 0 heterocycles. The summed E-state index contributed by atoms with van der Waals surface area (Å²) in [6, 6.07) is 5.37. The zero-order valence-electron chi connectivity index (χ0n) is 12.1. The molecule has 1 aromatic carbocycles. The first-order valence-corrected chi connectivity index (χ1v) is 7.44. The van der Waals surface area contributed by atoms with Gasteiger partial charge in [-0.25, -0.2) is 0 Å². The summed E-state index contributed by atoms with van der Waals surface area (Å²) >= 11 is 7.79. The molecule has 4 nitrogen and oxygen atoms in total. The van der Waals surface area contributed by atoms with Crippen LogP contribution in [-0.2, 0) is 0 Å². The minimum Gasteiger partial charge on any atom is -0.495 e. The molecular formula is C13H21ClIN3OS. The first-order valence-electron chi connectivity index (χ1n) is 5.83. The molecule has 1 aromatic rings. The smallest absolute Gasteiger partial charge is 0.193 e. The second-order valence-corrected chi connectivity index (χ2v) is 6.56. The third-order valence-electron chi connectivity index (χ3n) is 2.61. The molecule has 0 aliphatic rings. The number of guanidine groups is 1. The lowest BCUT2D eigenvalue weighted by atomic mass is 10.2. The number of thioether (sulfide) groups is 1. The van der Waals surface area contributed by atoms with Gasteiger partial charge >= 0.3 is 0 Å². The van der Waals surface area contributed by atoms with Crippen molar-refractivity contribution >= 4 is 59.0 Å². The summed E-state index contributed by atoms with van der Waals surface area (Å²) in [6.07, 6.45) is 2.06. The topological polar surface area (TPSA) is 59.6 Å². The van der Waals surface area contributed by atoms with Crippen LogP contribution in [0.15, 0.2) is 23.2 Å². The van der Waals surface area contributed by atoms with Crippen LogP contribution in [0, 0.1) is 0 Å². The number of halogens is 2. The predicted molar refractivity (Wildman–Crippen MR) is 101 cm³/mol. The van der Waals surface area contributed by atoms with Crippen LogP contribution >= 0.6 is 47.3 Å². The van der Waals surface area contributed by atoms with Gasteiger partial charge in [0.05, 0.1) is 18.7 Å². The zero-order chi connectivity index (χ0) is 14.5. The predicted octanol–water partition coefficient (Wildman–Crippen LogP) is 3.83. The van der Waals surface area contributed by atoms with Crippen LogP contribution in [0.4, 0.5) is 5.69 Å². The summed E-state index contributed by atoms with van der Waals surface area (Å²) in [5.41, 5.74) is 6.63. The van der Waals surface area contributed by atoms with E-state index in [1.807, 2.05) is 6.07 Å². The van der Waals surface area contributed by atoms with E-state index in [0.29, 0.717) is 23.3 Å². The summed E-state index contributed by atoms with van der Waals surface area (Å²) in [4.78, 5) is 4.32. The van der Waals surface area contributed by atoms with E-state index in [0.717, 1.165) is 5.69 Å². The van der Waals surface area contributed by atoms with Gasteiger partial charge in [0.15, 0.2) is 5.96 Å². The molecule has 0 unspecified atom stereocenters. The largest absolute Gasteiger partial charge is 0.495 e. The molecule has 0 atom stereocenters. The molecule has 0 saturated heterocycles. The van der Waals surface area contributed by atoms with Crippen molar-refractivity contribution in [2.45, 2.75) is 18.6 Å². The maximum Gasteiger partial charge on any atom is 0.193 e. The SMILES string of the molecule is COc1ccc(NC(N)=NCC(C)(C)SC)cc1Cl.I. The molecule has 0 spiro atoms. The number of rotatable bonds is 5. The number of hydrogen-bond acceptors (Lipinski definition) is 3. The maximum absolute atomic E-state index is 6.04. The minimum atomic E-state index is 0. The Kier molecular flexibility index (Phi) is 8.69. The van der Waals surface area contributed by atoms with Gasteiger partial charge in [0.2, 0.25) is 0 Å². The Balaban J connectivity index is 0.00000361. The molecule has 1 rings (SSSR count). The van der Waals surface area contributed by atoms with Gasteiger partial charge in [-0.3, -0.25) is 4.99 Å². The lowest BCUT2D eigenvalue weighted by Crippen LogP contribution is -2.27. The van der Waals surface area contributed by atoms with Crippen LogP contribution in [0.2, 0.25) is 5.02 Å². The molecule has 0 radical (unpaired) electrons. The average Bonchev–Trinajstić information content (AvgIpc) is 2.37. The van der Waals surface area contributed by atoms with Gasteiger partial charge < -0.3 is 15.8 Å². The normalized spacial score (nSPS) is 11.8. The third-order valence-corrected chi connectivity index (χ3v) is 4.14. The Hall–Kier alpha value is -0.340. The lowest BCUT2D eigenvalue weighted by Gasteiger charge is -2.19. The third kappa shape index (κ3) is 6.41. The second-order valence-electron chi connectivity index (χ2n) is 4.64. The highest BCUT2D eigenvalue weighted by atomic mass is 127. The highest BCUT2D eigenvalue weighted by Gasteiger charge is 2.15. The fourth-order valence-electron chi connectivity index (χ4n) is 1.27. The first-order chi connectivity index (χ1) is 8.88. The molecule has 0 aromatic heterocycles. The summed E-state index contributed by atoms with van der Waals surface area (Å²) in [7, 11) is 1.58. The van der Waals surface area contributed by atoms with Crippen LogP contribution in [0.3, 0.4) is 0 Å². The minimum absolute atomic E-state index is 0. The number of hydrogen-bond donors (Lipinski definition) is 2. The van der Waals surface area contributed by atoms with Crippen LogP contribution in [0.25, 0.3) is 0 Å². The van der Waals surface area contributed by atoms with Gasteiger partial charge in [-0.15, -0.1) is 24.0 Å². The summed E-state index contributed by atoms with van der Waals surface area (Å²) in [5.74, 6) is 1.01. The Labute approximate surface area is 146 Å². The summed E-state index contributed by atoms with van der Waals surface area (Å²) in [5, 5.41) is 3.54. The molecule has 0 saturated carbocycles. The van der Waals surface area contributed by atoms with Gasteiger partial charge in [-0.05, 0) is 38.3 Å². The van der Waals surface area contributed by atoms with E-state index in [1.54, 1.807) is 31.0 Å². The molecule has 0 aliphatic heterocycles. The van der Waals surface area contributed by atoms with Gasteiger partial charge in [0, 0.05) is 10.4 Å². The Morgan fingerprint density at radius 3 is 2.65 bits per heavy atom. The monoisotopic (exact) mass is 429 g/mol. The summed E-state index contributed by atoms with van der Waals surface area (Å²) < 4.78 is 5.16. The van der Waals surface area contributed by atoms with E-state index in [4.69, 9.17) is 22.1 Å². The van der Waals surface area contributed by atoms with E-state index in [1.165, 1.54) is 0 Å². The highest BCUT2D eigenvalue weighted by molar-refractivity contribution is 14.0. The van der Waals surface area contributed by atoms with Gasteiger partial charge in [-0.2, -0.15) is 11.8 Å². The molecule has 114 valence electrons. The Morgan fingerprint density at radius 1 is 1.50 bits per heavy atom. The van der Waals surface area contributed by atoms with Crippen LogP contribution in [0.5, 0.6) is 5.75 Å². The van der Waals surface area contributed by atoms with E-state index in [9.17, 15) is 0 Å². The maximum atomic E-state index is 6.04. The number of benzene rings is 1. The van der Waals surface area contributed by atoms with Crippen molar-refractivity contribution in [2.75, 3.05) is 25.2 Å². The van der Waals surface area contributed by atoms with E-state index >= 15 is 0 Å². The van der Waals surface area contributed by atoms with Crippen molar-refractivity contribution < 1.29 is 4.74 Å². The van der Waals surface area contributed by atoms with Gasteiger partial charge in [-0.1, -0.05) is 11.6 Å². The standard InChI is InChI=1S/C13H20ClN3OS.HI/c1-13(2,19-4)8-16-12(15)17-9-5-6-11(18-3)10(14)7-9;/h5-7H,8H2,1-4H3,(H3,15,16,17);1H. The second kappa shape index (κ2) is 8.84. The van der Waals surface area contributed by atoms with E-state index < -0.39 is 0 Å². The molecule has 0 amide bonds. The summed E-state index contributed by atoms with van der Waals surface area (Å²) in [6.45, 7) is 4.90. The number of aliphatic imine (C=N–C) groups is 1. The zero-order valence-corrected chi connectivity index (χ0v) is 16.0. The number of ether oxygens (including phenoxy) is 1. The number of nitrogens with zero attached hydrogens (tertiary/aromatic N) is 1. The molecule has 0 bridgehead atoms. The van der Waals surface area contributed by atoms with Crippen LogP contribution in [-0.4, -0.2) is 30.6 Å². The molecule has 20 heavy (non-hydrogen) atoms. The van der Waals surface area contributed by atoms with Crippen LogP contribution < -0.4 is 15.8 Å². The lowest BCUT2D eigenvalue weighted by molar-refractivity contribution is 0.415. The Bertz CT molecular complexity index is 469. The van der Waals surface area contributed by atoms with Crippen molar-refractivity contribution in [3.63, 3.8) is 0 Å². The number of methoxy groups -OCH3 is 1. The highest BCUT2D eigenvalue weighted by Crippen LogP contribution is 2.27.